The number of pyridine rings is 1. The van der Waals surface area contributed by atoms with Crippen molar-refractivity contribution in [2.24, 2.45) is 0 Å². The summed E-state index contributed by atoms with van der Waals surface area (Å²) >= 11 is 0. The number of rotatable bonds is 7. The number of aryl methyl sites for hydroxylation is 2. The Bertz CT molecular complexity index is 480. The zero-order chi connectivity index (χ0) is 13.3. The van der Waals surface area contributed by atoms with Gasteiger partial charge < -0.3 is 5.32 Å². The van der Waals surface area contributed by atoms with Crippen molar-refractivity contribution in [3.63, 3.8) is 0 Å². The van der Waals surface area contributed by atoms with Gasteiger partial charge in [-0.3, -0.25) is 4.98 Å². The molecule has 0 unspecified atom stereocenters. The Hall–Kier alpha value is -1.67. The van der Waals surface area contributed by atoms with E-state index in [2.05, 4.69) is 53.6 Å². The van der Waals surface area contributed by atoms with Gasteiger partial charge in [-0.15, -0.1) is 0 Å². The fraction of sp³-hybridized carbons (Fsp3) is 0.353. The lowest BCUT2D eigenvalue weighted by molar-refractivity contribution is 0.637. The van der Waals surface area contributed by atoms with Crippen LogP contribution in [0.2, 0.25) is 0 Å². The van der Waals surface area contributed by atoms with Gasteiger partial charge in [0.1, 0.15) is 0 Å². The lowest BCUT2D eigenvalue weighted by atomic mass is 10.1. The van der Waals surface area contributed by atoms with Crippen molar-refractivity contribution in [2.45, 2.75) is 32.7 Å². The van der Waals surface area contributed by atoms with Crippen LogP contribution in [-0.4, -0.2) is 11.5 Å². The third-order valence-electron chi connectivity index (χ3n) is 3.32. The minimum absolute atomic E-state index is 0.874. The molecule has 2 aromatic rings. The average molecular weight is 254 g/mol. The SMILES string of the molecule is CCc1cccnc1CNCCCc1ccccc1. The Morgan fingerprint density at radius 2 is 1.89 bits per heavy atom. The van der Waals surface area contributed by atoms with Gasteiger partial charge in [0.25, 0.3) is 0 Å². The third kappa shape index (κ3) is 4.49. The summed E-state index contributed by atoms with van der Waals surface area (Å²) in [6, 6.07) is 14.8. The van der Waals surface area contributed by atoms with Gasteiger partial charge in [-0.25, -0.2) is 0 Å². The van der Waals surface area contributed by atoms with E-state index < -0.39 is 0 Å². The lowest BCUT2D eigenvalue weighted by Gasteiger charge is -2.08. The molecule has 0 saturated heterocycles. The molecule has 1 N–H and O–H groups in total. The Morgan fingerprint density at radius 1 is 1.05 bits per heavy atom. The van der Waals surface area contributed by atoms with Crippen LogP contribution in [0.5, 0.6) is 0 Å². The maximum absolute atomic E-state index is 4.44. The van der Waals surface area contributed by atoms with Crippen LogP contribution >= 0.6 is 0 Å². The molecule has 2 rings (SSSR count). The molecule has 1 aromatic carbocycles. The summed E-state index contributed by atoms with van der Waals surface area (Å²) in [6.45, 7) is 4.09. The molecule has 0 bridgehead atoms. The van der Waals surface area contributed by atoms with Crippen molar-refractivity contribution in [2.75, 3.05) is 6.54 Å². The van der Waals surface area contributed by atoms with E-state index in [4.69, 9.17) is 0 Å². The molecule has 0 fully saturated rings. The van der Waals surface area contributed by atoms with E-state index >= 15 is 0 Å². The fourth-order valence-electron chi connectivity index (χ4n) is 2.22. The Morgan fingerprint density at radius 3 is 2.68 bits per heavy atom. The fourth-order valence-corrected chi connectivity index (χ4v) is 2.22. The van der Waals surface area contributed by atoms with Gasteiger partial charge in [0.2, 0.25) is 0 Å². The summed E-state index contributed by atoms with van der Waals surface area (Å²) < 4.78 is 0. The highest BCUT2D eigenvalue weighted by Crippen LogP contribution is 2.06. The van der Waals surface area contributed by atoms with Gasteiger partial charge in [-0.1, -0.05) is 43.3 Å². The molecular weight excluding hydrogens is 232 g/mol. The molecule has 2 nitrogen and oxygen atoms in total. The monoisotopic (exact) mass is 254 g/mol. The number of hydrogen-bond acceptors (Lipinski definition) is 2. The highest BCUT2D eigenvalue weighted by Gasteiger charge is 2.00. The molecule has 0 aliphatic rings. The molecule has 1 heterocycles. The summed E-state index contributed by atoms with van der Waals surface area (Å²) in [7, 11) is 0. The third-order valence-corrected chi connectivity index (χ3v) is 3.32. The molecule has 19 heavy (non-hydrogen) atoms. The maximum Gasteiger partial charge on any atom is 0.0573 e. The van der Waals surface area contributed by atoms with Crippen LogP contribution in [0.4, 0.5) is 0 Å². The van der Waals surface area contributed by atoms with Crippen molar-refractivity contribution >= 4 is 0 Å². The van der Waals surface area contributed by atoms with Gasteiger partial charge in [0.05, 0.1) is 5.69 Å². The van der Waals surface area contributed by atoms with Crippen LogP contribution in [0, 0.1) is 0 Å². The van der Waals surface area contributed by atoms with E-state index in [-0.39, 0.29) is 0 Å². The maximum atomic E-state index is 4.44. The average Bonchev–Trinajstić information content (AvgIpc) is 2.48. The lowest BCUT2D eigenvalue weighted by Crippen LogP contribution is -2.17. The normalized spacial score (nSPS) is 10.6. The second-order valence-corrected chi connectivity index (χ2v) is 4.73. The van der Waals surface area contributed by atoms with Crippen molar-refractivity contribution in [3.05, 3.63) is 65.5 Å². The minimum atomic E-state index is 0.874. The smallest absolute Gasteiger partial charge is 0.0573 e. The van der Waals surface area contributed by atoms with E-state index in [1.165, 1.54) is 16.8 Å². The predicted octanol–water partition coefficient (Wildman–Crippen LogP) is 3.37. The number of hydrogen-bond donors (Lipinski definition) is 1. The summed E-state index contributed by atoms with van der Waals surface area (Å²) in [5.41, 5.74) is 3.94. The van der Waals surface area contributed by atoms with Crippen LogP contribution in [0.1, 0.15) is 30.2 Å². The summed E-state index contributed by atoms with van der Waals surface area (Å²) in [4.78, 5) is 4.44. The van der Waals surface area contributed by atoms with Gasteiger partial charge >= 0.3 is 0 Å². The van der Waals surface area contributed by atoms with Gasteiger partial charge in [0.15, 0.2) is 0 Å². The molecule has 0 aliphatic carbocycles. The standard InChI is InChI=1S/C17H22N2/c1-2-16-11-7-13-19-17(16)14-18-12-6-10-15-8-4-3-5-9-15/h3-5,7-9,11,13,18H,2,6,10,12,14H2,1H3. The van der Waals surface area contributed by atoms with Crippen molar-refractivity contribution in [3.8, 4) is 0 Å². The highest BCUT2D eigenvalue weighted by molar-refractivity contribution is 5.19. The van der Waals surface area contributed by atoms with Gasteiger partial charge in [-0.2, -0.15) is 0 Å². The Kier molecular flexibility index (Phi) is 5.57. The van der Waals surface area contributed by atoms with Crippen LogP contribution in [-0.2, 0) is 19.4 Å². The second kappa shape index (κ2) is 7.70. The Labute approximate surface area is 115 Å². The zero-order valence-corrected chi connectivity index (χ0v) is 11.6. The zero-order valence-electron chi connectivity index (χ0n) is 11.6. The van der Waals surface area contributed by atoms with Crippen LogP contribution in [0.15, 0.2) is 48.7 Å². The molecule has 0 spiro atoms. The predicted molar refractivity (Wildman–Crippen MR) is 80.1 cm³/mol. The van der Waals surface area contributed by atoms with Crippen molar-refractivity contribution < 1.29 is 0 Å². The van der Waals surface area contributed by atoms with Crippen LogP contribution < -0.4 is 5.32 Å². The quantitative estimate of drug-likeness (QED) is 0.766. The van der Waals surface area contributed by atoms with E-state index in [0.29, 0.717) is 0 Å². The number of nitrogens with one attached hydrogen (secondary N) is 1. The first-order chi connectivity index (χ1) is 9.40. The van der Waals surface area contributed by atoms with Crippen molar-refractivity contribution in [1.82, 2.24) is 10.3 Å². The summed E-state index contributed by atoms with van der Waals surface area (Å²) in [5, 5.41) is 3.48. The Balaban J connectivity index is 1.69. The number of nitrogens with zero attached hydrogens (tertiary/aromatic N) is 1. The first-order valence-corrected chi connectivity index (χ1v) is 7.07. The van der Waals surface area contributed by atoms with Crippen LogP contribution in [0.25, 0.3) is 0 Å². The second-order valence-electron chi connectivity index (χ2n) is 4.73. The molecule has 100 valence electrons. The largest absolute Gasteiger partial charge is 0.311 e. The topological polar surface area (TPSA) is 24.9 Å². The van der Waals surface area contributed by atoms with Crippen molar-refractivity contribution in [1.29, 1.82) is 0 Å². The molecule has 0 atom stereocenters. The first kappa shape index (κ1) is 13.8. The van der Waals surface area contributed by atoms with E-state index in [9.17, 15) is 0 Å². The van der Waals surface area contributed by atoms with Gasteiger partial charge in [0, 0.05) is 12.7 Å². The molecule has 0 saturated carbocycles. The minimum Gasteiger partial charge on any atom is -0.311 e. The number of aromatic nitrogens is 1. The molecule has 0 aliphatic heterocycles. The van der Waals surface area contributed by atoms with E-state index in [1.54, 1.807) is 0 Å². The molecule has 1 aromatic heterocycles. The molecule has 0 radical (unpaired) electrons. The van der Waals surface area contributed by atoms with Crippen LogP contribution in [0.3, 0.4) is 0 Å². The summed E-state index contributed by atoms with van der Waals surface area (Å²) in [6.07, 6.45) is 5.23. The van der Waals surface area contributed by atoms with E-state index in [0.717, 1.165) is 32.4 Å². The van der Waals surface area contributed by atoms with E-state index in [1.807, 2.05) is 12.3 Å². The highest BCUT2D eigenvalue weighted by atomic mass is 14.9. The molecular formula is C17H22N2. The molecule has 2 heteroatoms. The number of benzene rings is 1. The first-order valence-electron chi connectivity index (χ1n) is 7.07. The van der Waals surface area contributed by atoms with Gasteiger partial charge in [-0.05, 0) is 43.0 Å². The molecule has 0 amide bonds. The summed E-state index contributed by atoms with van der Waals surface area (Å²) in [5.74, 6) is 0.